The predicted molar refractivity (Wildman–Crippen MR) is 50.3 cm³/mol. The summed E-state index contributed by atoms with van der Waals surface area (Å²) in [6.07, 6.45) is 3.70. The van der Waals surface area contributed by atoms with Crippen molar-refractivity contribution in [3.8, 4) is 0 Å². The van der Waals surface area contributed by atoms with Crippen LogP contribution in [0.15, 0.2) is 18.5 Å². The van der Waals surface area contributed by atoms with Gasteiger partial charge in [0.25, 0.3) is 0 Å². The van der Waals surface area contributed by atoms with Gasteiger partial charge >= 0.3 is 0 Å². The van der Waals surface area contributed by atoms with Crippen molar-refractivity contribution in [1.29, 1.82) is 0 Å². The number of hydrogen-bond acceptors (Lipinski definition) is 3. The highest BCUT2D eigenvalue weighted by Crippen LogP contribution is 1.95. The average Bonchev–Trinajstić information content (AvgIpc) is 2.65. The van der Waals surface area contributed by atoms with Crippen LogP contribution in [-0.2, 0) is 16.0 Å². The van der Waals surface area contributed by atoms with Crippen molar-refractivity contribution in [2.24, 2.45) is 0 Å². The van der Waals surface area contributed by atoms with E-state index in [4.69, 9.17) is 9.47 Å². The topological polar surface area (TPSA) is 46.3 Å². The van der Waals surface area contributed by atoms with E-state index in [1.807, 2.05) is 18.5 Å². The van der Waals surface area contributed by atoms with E-state index in [-0.39, 0.29) is 6.29 Å². The van der Waals surface area contributed by atoms with Crippen LogP contribution in [0.2, 0.25) is 0 Å². The van der Waals surface area contributed by atoms with E-state index in [0.717, 1.165) is 6.54 Å². The van der Waals surface area contributed by atoms with Crippen LogP contribution in [-0.4, -0.2) is 32.0 Å². The second-order valence-corrected chi connectivity index (χ2v) is 2.75. The first-order valence-corrected chi connectivity index (χ1v) is 4.24. The van der Waals surface area contributed by atoms with Crippen LogP contribution in [0, 0.1) is 0 Å². The first-order chi connectivity index (χ1) is 6.36. The molecule has 0 atom stereocenters. The third-order valence-electron chi connectivity index (χ3n) is 1.83. The monoisotopic (exact) mass is 184 g/mol. The molecule has 0 aromatic carbocycles. The van der Waals surface area contributed by atoms with E-state index in [1.54, 1.807) is 14.2 Å². The van der Waals surface area contributed by atoms with Crippen LogP contribution < -0.4 is 5.32 Å². The van der Waals surface area contributed by atoms with E-state index in [1.165, 1.54) is 5.56 Å². The lowest BCUT2D eigenvalue weighted by molar-refractivity contribution is -0.0989. The van der Waals surface area contributed by atoms with Gasteiger partial charge in [0.05, 0.1) is 0 Å². The van der Waals surface area contributed by atoms with Crippen LogP contribution in [0.5, 0.6) is 0 Å². The number of methoxy groups -OCH3 is 2. The van der Waals surface area contributed by atoms with Crippen molar-refractivity contribution in [3.63, 3.8) is 0 Å². The van der Waals surface area contributed by atoms with Gasteiger partial charge in [-0.15, -0.1) is 0 Å². The summed E-state index contributed by atoms with van der Waals surface area (Å²) in [6.45, 7) is 1.52. The Kier molecular flexibility index (Phi) is 4.53. The van der Waals surface area contributed by atoms with Gasteiger partial charge in [-0.3, -0.25) is 0 Å². The van der Waals surface area contributed by atoms with Gasteiger partial charge in [0, 0.05) is 39.7 Å². The first-order valence-electron chi connectivity index (χ1n) is 4.24. The van der Waals surface area contributed by atoms with Gasteiger partial charge < -0.3 is 19.8 Å². The summed E-state index contributed by atoms with van der Waals surface area (Å²) in [5.41, 5.74) is 1.23. The molecule has 0 unspecified atom stereocenters. The average molecular weight is 184 g/mol. The lowest BCUT2D eigenvalue weighted by atomic mass is 10.3. The van der Waals surface area contributed by atoms with Crippen LogP contribution in [0.4, 0.5) is 0 Å². The molecule has 0 aliphatic carbocycles. The SMILES string of the molecule is COC(CNCc1cc[nH]c1)OC. The number of hydrogen-bond donors (Lipinski definition) is 2. The molecule has 0 fully saturated rings. The molecular formula is C9H16N2O2. The summed E-state index contributed by atoms with van der Waals surface area (Å²) in [6, 6.07) is 2.03. The Balaban J connectivity index is 2.13. The molecule has 13 heavy (non-hydrogen) atoms. The van der Waals surface area contributed by atoms with E-state index in [9.17, 15) is 0 Å². The molecule has 2 N–H and O–H groups in total. The molecule has 4 heteroatoms. The zero-order valence-corrected chi connectivity index (χ0v) is 8.04. The fourth-order valence-corrected chi connectivity index (χ4v) is 1.07. The molecule has 4 nitrogen and oxygen atoms in total. The standard InChI is InChI=1S/C9H16N2O2/c1-12-9(13-2)7-11-6-8-3-4-10-5-8/h3-5,9-11H,6-7H2,1-2H3. The predicted octanol–water partition coefficient (Wildman–Crippen LogP) is 0.723. The highest BCUT2D eigenvalue weighted by molar-refractivity contribution is 5.07. The molecular weight excluding hydrogens is 168 g/mol. The van der Waals surface area contributed by atoms with E-state index >= 15 is 0 Å². The van der Waals surface area contributed by atoms with Gasteiger partial charge in [0.1, 0.15) is 0 Å². The number of nitrogens with one attached hydrogen (secondary N) is 2. The summed E-state index contributed by atoms with van der Waals surface area (Å²) >= 11 is 0. The Hall–Kier alpha value is -0.840. The van der Waals surface area contributed by atoms with E-state index in [0.29, 0.717) is 6.54 Å². The minimum absolute atomic E-state index is 0.168. The van der Waals surface area contributed by atoms with Crippen molar-refractivity contribution in [1.82, 2.24) is 10.3 Å². The van der Waals surface area contributed by atoms with Crippen molar-refractivity contribution < 1.29 is 9.47 Å². The zero-order valence-electron chi connectivity index (χ0n) is 8.04. The Bertz CT molecular complexity index is 207. The highest BCUT2D eigenvalue weighted by Gasteiger charge is 2.03. The molecule has 0 saturated carbocycles. The molecule has 1 rings (SSSR count). The van der Waals surface area contributed by atoms with Crippen LogP contribution in [0.3, 0.4) is 0 Å². The highest BCUT2D eigenvalue weighted by atomic mass is 16.7. The lowest BCUT2D eigenvalue weighted by Crippen LogP contribution is -2.29. The lowest BCUT2D eigenvalue weighted by Gasteiger charge is -2.13. The molecule has 1 aromatic rings. The number of rotatable bonds is 6. The fraction of sp³-hybridized carbons (Fsp3) is 0.556. The third kappa shape index (κ3) is 3.59. The zero-order chi connectivity index (χ0) is 9.52. The molecule has 0 saturated heterocycles. The van der Waals surface area contributed by atoms with Crippen molar-refractivity contribution in [2.45, 2.75) is 12.8 Å². The third-order valence-corrected chi connectivity index (χ3v) is 1.83. The maximum atomic E-state index is 5.03. The molecule has 0 radical (unpaired) electrons. The Morgan fingerprint density at radius 2 is 2.23 bits per heavy atom. The number of aromatic nitrogens is 1. The molecule has 0 spiro atoms. The largest absolute Gasteiger partial charge is 0.367 e. The van der Waals surface area contributed by atoms with Crippen LogP contribution >= 0.6 is 0 Å². The van der Waals surface area contributed by atoms with Gasteiger partial charge in [-0.1, -0.05) is 0 Å². The summed E-state index contributed by atoms with van der Waals surface area (Å²) in [5.74, 6) is 0. The number of H-pyrrole nitrogens is 1. The smallest absolute Gasteiger partial charge is 0.169 e. The van der Waals surface area contributed by atoms with Crippen molar-refractivity contribution >= 4 is 0 Å². The van der Waals surface area contributed by atoms with Gasteiger partial charge in [0.15, 0.2) is 6.29 Å². The molecule has 1 aromatic heterocycles. The molecule has 0 bridgehead atoms. The van der Waals surface area contributed by atoms with Crippen molar-refractivity contribution in [2.75, 3.05) is 20.8 Å². The summed E-state index contributed by atoms with van der Waals surface area (Å²) < 4.78 is 10.1. The minimum Gasteiger partial charge on any atom is -0.367 e. The fourth-order valence-electron chi connectivity index (χ4n) is 1.07. The Morgan fingerprint density at radius 1 is 1.46 bits per heavy atom. The minimum atomic E-state index is -0.168. The second kappa shape index (κ2) is 5.75. The van der Waals surface area contributed by atoms with Gasteiger partial charge in [-0.25, -0.2) is 0 Å². The number of ether oxygens (including phenoxy) is 2. The molecule has 0 aliphatic rings. The molecule has 0 amide bonds. The summed E-state index contributed by atoms with van der Waals surface area (Å²) in [5, 5.41) is 3.22. The normalized spacial score (nSPS) is 11.0. The summed E-state index contributed by atoms with van der Waals surface area (Å²) in [7, 11) is 3.26. The maximum Gasteiger partial charge on any atom is 0.169 e. The first kappa shape index (κ1) is 10.2. The molecule has 74 valence electrons. The second-order valence-electron chi connectivity index (χ2n) is 2.75. The van der Waals surface area contributed by atoms with E-state index in [2.05, 4.69) is 10.3 Å². The van der Waals surface area contributed by atoms with Gasteiger partial charge in [-0.2, -0.15) is 0 Å². The molecule has 0 aliphatic heterocycles. The van der Waals surface area contributed by atoms with Gasteiger partial charge in [0.2, 0.25) is 0 Å². The summed E-state index contributed by atoms with van der Waals surface area (Å²) in [4.78, 5) is 2.99. The molecule has 1 heterocycles. The number of aromatic amines is 1. The quantitative estimate of drug-likeness (QED) is 0.640. The maximum absolute atomic E-state index is 5.03. The Labute approximate surface area is 78.2 Å². The van der Waals surface area contributed by atoms with Gasteiger partial charge in [-0.05, 0) is 11.6 Å². The van der Waals surface area contributed by atoms with Crippen LogP contribution in [0.1, 0.15) is 5.56 Å². The van der Waals surface area contributed by atoms with Crippen LogP contribution in [0.25, 0.3) is 0 Å². The van der Waals surface area contributed by atoms with Crippen molar-refractivity contribution in [3.05, 3.63) is 24.0 Å². The Morgan fingerprint density at radius 3 is 2.77 bits per heavy atom. The van der Waals surface area contributed by atoms with E-state index < -0.39 is 0 Å².